The minimum atomic E-state index is -0.933. The summed E-state index contributed by atoms with van der Waals surface area (Å²) >= 11 is 11.2. The number of benzene rings is 2. The van der Waals surface area contributed by atoms with Crippen molar-refractivity contribution in [2.75, 3.05) is 6.54 Å². The van der Waals surface area contributed by atoms with Crippen molar-refractivity contribution in [2.24, 2.45) is 17.2 Å². The van der Waals surface area contributed by atoms with Crippen LogP contribution in [0.1, 0.15) is 67.3 Å². The molecular weight excluding hydrogens is 517 g/mol. The van der Waals surface area contributed by atoms with Gasteiger partial charge in [-0.15, -0.1) is 0 Å². The Balaban J connectivity index is 0.000000471. The zero-order valence-corrected chi connectivity index (χ0v) is 22.5. The molecular formula is C27H39Cl2N3O5. The number of aliphatic carboxylic acids is 2. The fourth-order valence-electron chi connectivity index (χ4n) is 3.13. The van der Waals surface area contributed by atoms with E-state index in [1.807, 2.05) is 18.2 Å². The molecule has 0 unspecified atom stereocenters. The Hall–Kier alpha value is -2.49. The summed E-state index contributed by atoms with van der Waals surface area (Å²) in [5.41, 5.74) is 17.4. The molecule has 2 aromatic carbocycles. The van der Waals surface area contributed by atoms with Crippen molar-refractivity contribution in [1.29, 1.82) is 0 Å². The summed E-state index contributed by atoms with van der Waals surface area (Å²) in [5.74, 6) is -1.72. The topological polar surface area (TPSA) is 170 Å². The number of carboxylic acid groups (broad SMARTS) is 2. The second-order valence-corrected chi connectivity index (χ2v) is 9.31. The van der Waals surface area contributed by atoms with E-state index in [1.54, 1.807) is 24.3 Å². The van der Waals surface area contributed by atoms with Crippen LogP contribution in [0.4, 0.5) is 0 Å². The van der Waals surface area contributed by atoms with E-state index in [0.717, 1.165) is 18.4 Å². The number of hydrogen-bond donors (Lipinski definition) is 5. The molecule has 3 rings (SSSR count). The summed E-state index contributed by atoms with van der Waals surface area (Å²) in [6.45, 7) is 0.604. The van der Waals surface area contributed by atoms with E-state index in [2.05, 4.69) is 0 Å². The summed E-state index contributed by atoms with van der Waals surface area (Å²) in [6, 6.07) is 13.7. The highest BCUT2D eigenvalue weighted by Crippen LogP contribution is 2.19. The zero-order chi connectivity index (χ0) is 28.1. The lowest BCUT2D eigenvalue weighted by molar-refractivity contribution is -0.139. The van der Waals surface area contributed by atoms with Gasteiger partial charge in [-0.25, -0.2) is 0 Å². The highest BCUT2D eigenvalue weighted by Gasteiger charge is 2.09. The molecule has 10 heteroatoms. The van der Waals surface area contributed by atoms with Crippen molar-refractivity contribution in [3.05, 3.63) is 69.7 Å². The molecule has 206 valence electrons. The van der Waals surface area contributed by atoms with Crippen molar-refractivity contribution in [3.8, 4) is 0 Å². The van der Waals surface area contributed by atoms with Crippen molar-refractivity contribution >= 4 is 41.4 Å². The number of aldehydes is 1. The van der Waals surface area contributed by atoms with Gasteiger partial charge in [0, 0.05) is 16.6 Å². The molecule has 37 heavy (non-hydrogen) atoms. The van der Waals surface area contributed by atoms with Gasteiger partial charge in [-0.2, -0.15) is 0 Å². The molecule has 0 saturated heterocycles. The van der Waals surface area contributed by atoms with Crippen molar-refractivity contribution in [2.45, 2.75) is 69.9 Å². The van der Waals surface area contributed by atoms with Gasteiger partial charge in [0.25, 0.3) is 0 Å². The van der Waals surface area contributed by atoms with Crippen LogP contribution in [-0.4, -0.2) is 47.1 Å². The molecule has 0 spiro atoms. The molecule has 1 saturated carbocycles. The number of halogens is 2. The maximum Gasteiger partial charge on any atom is 0.320 e. The fraction of sp³-hybridized carbons (Fsp3) is 0.444. The number of hydrogen-bond acceptors (Lipinski definition) is 6. The quantitative estimate of drug-likeness (QED) is 0.225. The minimum absolute atomic E-state index is 0.112. The highest BCUT2D eigenvalue weighted by molar-refractivity contribution is 6.36. The van der Waals surface area contributed by atoms with Crippen LogP contribution in [0.25, 0.3) is 0 Å². The molecule has 8 nitrogen and oxygen atoms in total. The number of carboxylic acids is 2. The number of unbranched alkanes of at least 4 members (excludes halogenated alkanes) is 1. The van der Waals surface area contributed by atoms with Crippen molar-refractivity contribution in [1.82, 2.24) is 0 Å². The minimum Gasteiger partial charge on any atom is -0.481 e. The predicted octanol–water partition coefficient (Wildman–Crippen LogP) is 4.92. The number of carbonyl (C=O) groups excluding carboxylic acids is 1. The Morgan fingerprint density at radius 1 is 1.00 bits per heavy atom. The number of carbonyl (C=O) groups is 3. The van der Waals surface area contributed by atoms with Gasteiger partial charge in [0.15, 0.2) is 6.29 Å². The van der Waals surface area contributed by atoms with Crippen LogP contribution >= 0.6 is 23.2 Å². The summed E-state index contributed by atoms with van der Waals surface area (Å²) in [4.78, 5) is 30.5. The van der Waals surface area contributed by atoms with Gasteiger partial charge in [-0.05, 0) is 56.0 Å². The average Bonchev–Trinajstić information content (AvgIpc) is 2.86. The molecule has 1 atom stereocenters. The normalized spacial score (nSPS) is 13.3. The lowest BCUT2D eigenvalue weighted by Crippen LogP contribution is -2.29. The molecule has 1 aliphatic carbocycles. The lowest BCUT2D eigenvalue weighted by Gasteiger charge is -2.15. The molecule has 0 aromatic heterocycles. The van der Waals surface area contributed by atoms with E-state index >= 15 is 0 Å². The first kappa shape index (κ1) is 34.5. The smallest absolute Gasteiger partial charge is 0.320 e. The fourth-order valence-corrected chi connectivity index (χ4v) is 3.59. The van der Waals surface area contributed by atoms with Crippen LogP contribution in [0, 0.1) is 0 Å². The monoisotopic (exact) mass is 555 g/mol. The second kappa shape index (κ2) is 21.6. The maximum atomic E-state index is 10.2. The van der Waals surface area contributed by atoms with Gasteiger partial charge in [-0.1, -0.05) is 79.2 Å². The molecule has 0 amide bonds. The molecule has 1 aliphatic rings. The zero-order valence-electron chi connectivity index (χ0n) is 21.0. The predicted molar refractivity (Wildman–Crippen MR) is 149 cm³/mol. The van der Waals surface area contributed by atoms with Crippen LogP contribution in [0.15, 0.2) is 48.5 Å². The van der Waals surface area contributed by atoms with Gasteiger partial charge < -0.3 is 27.4 Å². The Morgan fingerprint density at radius 3 is 2.05 bits per heavy atom. The first-order valence-corrected chi connectivity index (χ1v) is 13.0. The van der Waals surface area contributed by atoms with E-state index in [9.17, 15) is 14.4 Å². The molecule has 1 fully saturated rings. The summed E-state index contributed by atoms with van der Waals surface area (Å²) in [5, 5.41) is 17.6. The maximum absolute atomic E-state index is 10.2. The van der Waals surface area contributed by atoms with E-state index in [0.29, 0.717) is 40.9 Å². The third kappa shape index (κ3) is 19.3. The third-order valence-electron chi connectivity index (χ3n) is 5.22. The Kier molecular flexibility index (Phi) is 20.1. The Labute approximate surface area is 229 Å². The lowest BCUT2D eigenvalue weighted by atomic mass is 9.97. The highest BCUT2D eigenvalue weighted by atomic mass is 35.5. The van der Waals surface area contributed by atoms with Gasteiger partial charge in [0.1, 0.15) is 6.04 Å². The van der Waals surface area contributed by atoms with Crippen molar-refractivity contribution in [3.63, 3.8) is 0 Å². The van der Waals surface area contributed by atoms with E-state index in [4.69, 9.17) is 50.6 Å². The molecule has 0 heterocycles. The summed E-state index contributed by atoms with van der Waals surface area (Å²) < 4.78 is 0. The Morgan fingerprint density at radius 2 is 1.62 bits per heavy atom. The second-order valence-electron chi connectivity index (χ2n) is 8.47. The first-order valence-electron chi connectivity index (χ1n) is 12.2. The first-order chi connectivity index (χ1) is 17.6. The van der Waals surface area contributed by atoms with E-state index < -0.39 is 18.0 Å². The summed E-state index contributed by atoms with van der Waals surface area (Å²) in [6.07, 6.45) is 9.63. The molecule has 8 N–H and O–H groups in total. The molecule has 0 bridgehead atoms. The largest absolute Gasteiger partial charge is 0.481 e. The van der Waals surface area contributed by atoms with Crippen molar-refractivity contribution < 1.29 is 24.6 Å². The van der Waals surface area contributed by atoms with Crippen LogP contribution in [-0.2, 0) is 16.0 Å². The van der Waals surface area contributed by atoms with Gasteiger partial charge >= 0.3 is 11.9 Å². The van der Waals surface area contributed by atoms with E-state index in [1.165, 1.54) is 38.2 Å². The van der Waals surface area contributed by atoms with Gasteiger partial charge in [0.05, 0.1) is 11.4 Å². The van der Waals surface area contributed by atoms with Gasteiger partial charge in [0.2, 0.25) is 0 Å². The third-order valence-corrected chi connectivity index (χ3v) is 5.79. The van der Waals surface area contributed by atoms with Crippen LogP contribution in [0.3, 0.4) is 0 Å². The Bertz CT molecular complexity index is 910. The summed E-state index contributed by atoms with van der Waals surface area (Å²) in [7, 11) is 0. The standard InChI is InChI=1S/C8H8O2.C7H4Cl2O.C6H14N2O2.C6H13N/c9-8(10)6-7-4-2-1-3-5-7;8-6-2-1-5(4-10)7(9)3-6;7-4-2-1-3-5(8)6(9)10;7-6-4-2-1-3-5-6/h1-5H,6H2,(H,9,10);1-4H;5H,1-4,7-8H2,(H,9,10);6H,1-5,7H2/t;;5-;/m..0./s1. The van der Waals surface area contributed by atoms with Crippen LogP contribution in [0.2, 0.25) is 10.0 Å². The molecule has 0 aliphatic heterocycles. The average molecular weight is 557 g/mol. The van der Waals surface area contributed by atoms with E-state index in [-0.39, 0.29) is 6.42 Å². The molecule has 0 radical (unpaired) electrons. The molecule has 2 aromatic rings. The number of rotatable bonds is 8. The van der Waals surface area contributed by atoms with Crippen LogP contribution in [0.5, 0.6) is 0 Å². The van der Waals surface area contributed by atoms with Crippen LogP contribution < -0.4 is 17.2 Å². The SMILES string of the molecule is NC1CCCCC1.NCCCC[C@H](N)C(=O)O.O=C(O)Cc1ccccc1.O=Cc1ccc(Cl)cc1Cl. The number of nitrogens with two attached hydrogens (primary N) is 3. The van der Waals surface area contributed by atoms with Gasteiger partial charge in [-0.3, -0.25) is 14.4 Å².